The van der Waals surface area contributed by atoms with Crippen molar-refractivity contribution in [3.05, 3.63) is 0 Å². The third kappa shape index (κ3) is 1.63. The summed E-state index contributed by atoms with van der Waals surface area (Å²) in [4.78, 5) is 20.2. The molecule has 0 heterocycles. The molecule has 2 nitrogen and oxygen atoms in total. The van der Waals surface area contributed by atoms with Crippen molar-refractivity contribution in [3.63, 3.8) is 0 Å². The number of aldehydes is 2. The molecule has 1 aliphatic rings. The Morgan fingerprint density at radius 1 is 1.44 bits per heavy atom. The van der Waals surface area contributed by atoms with Crippen LogP contribution < -0.4 is 0 Å². The van der Waals surface area contributed by atoms with Gasteiger partial charge in [-0.1, -0.05) is 0 Å². The predicted molar refractivity (Wildman–Crippen MR) is 33.0 cm³/mol. The maximum Gasteiger partial charge on any atom is 0.123 e. The first-order valence-corrected chi connectivity index (χ1v) is 3.27. The fraction of sp³-hybridized carbons (Fsp3) is 0.714. The van der Waals surface area contributed by atoms with Gasteiger partial charge >= 0.3 is 0 Å². The van der Waals surface area contributed by atoms with Gasteiger partial charge < -0.3 is 9.59 Å². The van der Waals surface area contributed by atoms with Gasteiger partial charge in [-0.3, -0.25) is 0 Å². The summed E-state index contributed by atoms with van der Waals surface area (Å²) in [6.07, 6.45) is 4.44. The van der Waals surface area contributed by atoms with E-state index in [9.17, 15) is 9.59 Å². The van der Waals surface area contributed by atoms with E-state index in [0.29, 0.717) is 12.3 Å². The zero-order chi connectivity index (χ0) is 6.69. The van der Waals surface area contributed by atoms with Crippen LogP contribution in [0.1, 0.15) is 19.3 Å². The summed E-state index contributed by atoms with van der Waals surface area (Å²) in [6, 6.07) is 0. The van der Waals surface area contributed by atoms with Crippen molar-refractivity contribution in [1.29, 1.82) is 0 Å². The highest BCUT2D eigenvalue weighted by molar-refractivity contribution is 5.62. The number of carbonyl (C=O) groups excluding carboxylic acids is 2. The molecule has 1 rings (SSSR count). The maximum atomic E-state index is 10.2. The lowest BCUT2D eigenvalue weighted by Gasteiger charge is -1.99. The summed E-state index contributed by atoms with van der Waals surface area (Å²) in [6.45, 7) is 0. The molecular weight excluding hydrogens is 116 g/mol. The molecule has 0 amide bonds. The van der Waals surface area contributed by atoms with Gasteiger partial charge in [0.2, 0.25) is 0 Å². The van der Waals surface area contributed by atoms with Crippen LogP contribution in [0.5, 0.6) is 0 Å². The molecule has 0 aliphatic heterocycles. The number of hydrogen-bond acceptors (Lipinski definition) is 2. The molecule has 1 fully saturated rings. The quantitative estimate of drug-likeness (QED) is 0.522. The van der Waals surface area contributed by atoms with Crippen molar-refractivity contribution in [2.75, 3.05) is 0 Å². The Balaban J connectivity index is 2.28. The predicted octanol–water partition coefficient (Wildman–Crippen LogP) is 0.800. The fourth-order valence-corrected chi connectivity index (χ4v) is 0.995. The lowest BCUT2D eigenvalue weighted by atomic mass is 10.0. The van der Waals surface area contributed by atoms with Crippen molar-refractivity contribution < 1.29 is 9.59 Å². The molecule has 1 aliphatic carbocycles. The van der Waals surface area contributed by atoms with Gasteiger partial charge in [0.1, 0.15) is 12.6 Å². The van der Waals surface area contributed by atoms with E-state index in [0.717, 1.165) is 25.4 Å². The van der Waals surface area contributed by atoms with Crippen molar-refractivity contribution >= 4 is 12.6 Å². The second-order valence-electron chi connectivity index (χ2n) is 2.54. The Bertz CT molecular complexity index is 116. The first-order chi connectivity index (χ1) is 4.38. The minimum atomic E-state index is 0.0301. The van der Waals surface area contributed by atoms with Gasteiger partial charge in [-0.05, 0) is 18.8 Å². The van der Waals surface area contributed by atoms with Crippen LogP contribution in [0.4, 0.5) is 0 Å². The van der Waals surface area contributed by atoms with Crippen molar-refractivity contribution in [2.24, 2.45) is 11.8 Å². The Morgan fingerprint density at radius 3 is 2.44 bits per heavy atom. The fourth-order valence-electron chi connectivity index (χ4n) is 0.995. The Hall–Kier alpha value is -0.660. The molecule has 0 aromatic carbocycles. The van der Waals surface area contributed by atoms with Gasteiger partial charge in [-0.15, -0.1) is 0 Å². The van der Waals surface area contributed by atoms with Gasteiger partial charge in [0.05, 0.1) is 0 Å². The molecule has 1 atom stereocenters. The summed E-state index contributed by atoms with van der Waals surface area (Å²) < 4.78 is 0. The third-order valence-corrected chi connectivity index (χ3v) is 1.77. The summed E-state index contributed by atoms with van der Waals surface area (Å²) in [5.41, 5.74) is 0. The molecule has 0 bridgehead atoms. The molecular formula is C7H10O2. The SMILES string of the molecule is O=CCC(C=O)C1CC1. The van der Waals surface area contributed by atoms with Crippen LogP contribution in [-0.2, 0) is 9.59 Å². The van der Waals surface area contributed by atoms with Crippen LogP contribution in [0.3, 0.4) is 0 Å². The topological polar surface area (TPSA) is 34.1 Å². The molecule has 9 heavy (non-hydrogen) atoms. The van der Waals surface area contributed by atoms with Crippen LogP contribution in [0.2, 0.25) is 0 Å². The smallest absolute Gasteiger partial charge is 0.123 e. The third-order valence-electron chi connectivity index (χ3n) is 1.77. The van der Waals surface area contributed by atoms with E-state index < -0.39 is 0 Å². The first kappa shape index (κ1) is 6.46. The van der Waals surface area contributed by atoms with Gasteiger partial charge in [0.15, 0.2) is 0 Å². The van der Waals surface area contributed by atoms with E-state index in [1.807, 2.05) is 0 Å². The van der Waals surface area contributed by atoms with Crippen LogP contribution in [0.15, 0.2) is 0 Å². The van der Waals surface area contributed by atoms with Crippen LogP contribution in [0, 0.1) is 11.8 Å². The van der Waals surface area contributed by atoms with E-state index >= 15 is 0 Å². The Kier molecular flexibility index (Phi) is 1.98. The minimum Gasteiger partial charge on any atom is -0.303 e. The standard InChI is InChI=1S/C7H10O2/c8-4-3-7(5-9)6-1-2-6/h4-7H,1-3H2. The van der Waals surface area contributed by atoms with Crippen molar-refractivity contribution in [3.8, 4) is 0 Å². The highest BCUT2D eigenvalue weighted by atomic mass is 16.1. The van der Waals surface area contributed by atoms with Crippen molar-refractivity contribution in [1.82, 2.24) is 0 Å². The molecule has 1 saturated carbocycles. The number of carbonyl (C=O) groups is 2. The van der Waals surface area contributed by atoms with Crippen LogP contribution >= 0.6 is 0 Å². The lowest BCUT2D eigenvalue weighted by molar-refractivity contribution is -0.116. The average Bonchev–Trinajstić information content (AvgIpc) is 2.64. The molecule has 0 aromatic rings. The first-order valence-electron chi connectivity index (χ1n) is 3.27. The van der Waals surface area contributed by atoms with Crippen LogP contribution in [0.25, 0.3) is 0 Å². The Labute approximate surface area is 54.2 Å². The maximum absolute atomic E-state index is 10.2. The van der Waals surface area contributed by atoms with Gasteiger partial charge in [-0.25, -0.2) is 0 Å². The molecule has 0 spiro atoms. The number of rotatable bonds is 4. The second-order valence-corrected chi connectivity index (χ2v) is 2.54. The molecule has 0 N–H and O–H groups in total. The van der Waals surface area contributed by atoms with E-state index in [2.05, 4.69) is 0 Å². The van der Waals surface area contributed by atoms with E-state index in [1.165, 1.54) is 0 Å². The van der Waals surface area contributed by atoms with Gasteiger partial charge in [0.25, 0.3) is 0 Å². The summed E-state index contributed by atoms with van der Waals surface area (Å²) in [5.74, 6) is 0.565. The normalized spacial score (nSPS) is 20.9. The summed E-state index contributed by atoms with van der Waals surface area (Å²) in [5, 5.41) is 0. The molecule has 0 radical (unpaired) electrons. The van der Waals surface area contributed by atoms with Gasteiger partial charge in [-0.2, -0.15) is 0 Å². The molecule has 1 unspecified atom stereocenters. The second kappa shape index (κ2) is 2.76. The summed E-state index contributed by atoms with van der Waals surface area (Å²) in [7, 11) is 0. The average molecular weight is 126 g/mol. The zero-order valence-electron chi connectivity index (χ0n) is 5.25. The number of hydrogen-bond donors (Lipinski definition) is 0. The molecule has 0 aromatic heterocycles. The highest BCUT2D eigenvalue weighted by Gasteiger charge is 2.30. The molecule has 0 saturated heterocycles. The van der Waals surface area contributed by atoms with Crippen molar-refractivity contribution in [2.45, 2.75) is 19.3 Å². The molecule has 50 valence electrons. The van der Waals surface area contributed by atoms with Crippen LogP contribution in [-0.4, -0.2) is 12.6 Å². The minimum absolute atomic E-state index is 0.0301. The zero-order valence-corrected chi connectivity index (χ0v) is 5.25. The van der Waals surface area contributed by atoms with E-state index in [1.54, 1.807) is 0 Å². The molecule has 2 heteroatoms. The summed E-state index contributed by atoms with van der Waals surface area (Å²) >= 11 is 0. The van der Waals surface area contributed by atoms with E-state index in [4.69, 9.17) is 0 Å². The van der Waals surface area contributed by atoms with Gasteiger partial charge in [0, 0.05) is 12.3 Å². The Morgan fingerprint density at radius 2 is 2.11 bits per heavy atom. The highest BCUT2D eigenvalue weighted by Crippen LogP contribution is 2.36. The van der Waals surface area contributed by atoms with E-state index in [-0.39, 0.29) is 5.92 Å². The monoisotopic (exact) mass is 126 g/mol. The largest absolute Gasteiger partial charge is 0.303 e. The lowest BCUT2D eigenvalue weighted by Crippen LogP contribution is -2.04.